The molecule has 2 heteroatoms. The molecular weight excluding hydrogens is 258 g/mol. The minimum absolute atomic E-state index is 0.668. The van der Waals surface area contributed by atoms with Gasteiger partial charge in [-0.2, -0.15) is 0 Å². The third-order valence-electron chi connectivity index (χ3n) is 4.08. The first-order valence-electron chi connectivity index (χ1n) is 7.10. The van der Waals surface area contributed by atoms with Crippen molar-refractivity contribution < 1.29 is 5.11 Å². The van der Waals surface area contributed by atoms with Crippen LogP contribution >= 0.6 is 0 Å². The highest BCUT2D eigenvalue weighted by Crippen LogP contribution is 2.32. The Morgan fingerprint density at radius 3 is 2.38 bits per heavy atom. The first kappa shape index (κ1) is 13.7. The van der Waals surface area contributed by atoms with Gasteiger partial charge in [0.25, 0.3) is 0 Å². The summed E-state index contributed by atoms with van der Waals surface area (Å²) in [5.41, 5.74) is 10.6. The molecule has 3 aromatic rings. The number of benzene rings is 3. The van der Waals surface area contributed by atoms with Gasteiger partial charge in [-0.3, -0.25) is 0 Å². The molecule has 0 fully saturated rings. The summed E-state index contributed by atoms with van der Waals surface area (Å²) in [5.74, 6) is 0. The molecule has 21 heavy (non-hydrogen) atoms. The Bertz CT molecular complexity index is 808. The Labute approximate surface area is 124 Å². The number of rotatable bonds is 2. The minimum atomic E-state index is -0.668. The fraction of sp³-hybridized carbons (Fsp3) is 0.158. The molecule has 0 spiro atoms. The van der Waals surface area contributed by atoms with Crippen LogP contribution in [0.3, 0.4) is 0 Å². The molecule has 3 N–H and O–H groups in total. The van der Waals surface area contributed by atoms with E-state index in [4.69, 9.17) is 5.73 Å². The summed E-state index contributed by atoms with van der Waals surface area (Å²) < 4.78 is 0. The largest absolute Gasteiger partial charge is 0.399 e. The van der Waals surface area contributed by atoms with Crippen molar-refractivity contribution >= 4 is 16.5 Å². The van der Waals surface area contributed by atoms with E-state index in [0.717, 1.165) is 33.0 Å². The second-order valence-corrected chi connectivity index (χ2v) is 5.54. The second-order valence-electron chi connectivity index (χ2n) is 5.54. The molecule has 0 saturated carbocycles. The second kappa shape index (κ2) is 5.23. The maximum absolute atomic E-state index is 10.8. The number of nitrogens with two attached hydrogens (primary N) is 1. The topological polar surface area (TPSA) is 46.2 Å². The summed E-state index contributed by atoms with van der Waals surface area (Å²) in [7, 11) is 0. The molecular formula is C19H19NO. The normalized spacial score (nSPS) is 12.5. The molecule has 0 aromatic heterocycles. The van der Waals surface area contributed by atoms with Crippen molar-refractivity contribution in [1.29, 1.82) is 0 Å². The van der Waals surface area contributed by atoms with Crippen LogP contribution in [0, 0.1) is 13.8 Å². The van der Waals surface area contributed by atoms with Gasteiger partial charge in [-0.1, -0.05) is 48.5 Å². The van der Waals surface area contributed by atoms with Crippen LogP contribution in [-0.4, -0.2) is 5.11 Å². The molecule has 3 aromatic carbocycles. The molecule has 0 aliphatic rings. The van der Waals surface area contributed by atoms with Crippen LogP contribution in [0.4, 0.5) is 5.69 Å². The van der Waals surface area contributed by atoms with Crippen molar-refractivity contribution in [2.45, 2.75) is 20.0 Å². The molecule has 0 saturated heterocycles. The molecule has 0 bridgehead atoms. The summed E-state index contributed by atoms with van der Waals surface area (Å²) in [6.07, 6.45) is -0.668. The van der Waals surface area contributed by atoms with Crippen LogP contribution in [0.15, 0.2) is 54.6 Å². The third kappa shape index (κ3) is 2.39. The van der Waals surface area contributed by atoms with E-state index >= 15 is 0 Å². The van der Waals surface area contributed by atoms with Gasteiger partial charge >= 0.3 is 0 Å². The molecule has 0 amide bonds. The number of hydrogen-bond acceptors (Lipinski definition) is 2. The van der Waals surface area contributed by atoms with Crippen molar-refractivity contribution in [3.63, 3.8) is 0 Å². The molecule has 0 radical (unpaired) electrons. The number of hydrogen-bond donors (Lipinski definition) is 2. The van der Waals surface area contributed by atoms with Crippen molar-refractivity contribution in [3.05, 3.63) is 76.9 Å². The van der Waals surface area contributed by atoms with Gasteiger partial charge in [0.05, 0.1) is 0 Å². The Balaban J connectivity index is 2.19. The SMILES string of the molecule is Cc1ccc([C@@H](O)c2c(C)ccc3ccccc23)cc1N. The molecule has 0 aliphatic heterocycles. The number of aryl methyl sites for hydroxylation is 2. The van der Waals surface area contributed by atoms with E-state index in [1.807, 2.05) is 44.2 Å². The predicted octanol–water partition coefficient (Wildman–Crippen LogP) is 4.12. The van der Waals surface area contributed by atoms with E-state index in [2.05, 4.69) is 24.3 Å². The lowest BCUT2D eigenvalue weighted by atomic mass is 9.91. The van der Waals surface area contributed by atoms with Crippen LogP contribution in [0.25, 0.3) is 10.8 Å². The molecule has 3 rings (SSSR count). The summed E-state index contributed by atoms with van der Waals surface area (Å²) in [6.45, 7) is 4.00. The highest BCUT2D eigenvalue weighted by Gasteiger charge is 2.16. The van der Waals surface area contributed by atoms with Crippen LogP contribution in [0.2, 0.25) is 0 Å². The van der Waals surface area contributed by atoms with Crippen LogP contribution < -0.4 is 5.73 Å². The van der Waals surface area contributed by atoms with Gasteiger partial charge < -0.3 is 10.8 Å². The smallest absolute Gasteiger partial charge is 0.105 e. The third-order valence-corrected chi connectivity index (χ3v) is 4.08. The number of aliphatic hydroxyl groups is 1. The molecule has 2 nitrogen and oxygen atoms in total. The van der Waals surface area contributed by atoms with Gasteiger partial charge in [0.2, 0.25) is 0 Å². The van der Waals surface area contributed by atoms with E-state index < -0.39 is 6.10 Å². The number of nitrogen functional groups attached to an aromatic ring is 1. The molecule has 0 unspecified atom stereocenters. The monoisotopic (exact) mass is 277 g/mol. The molecule has 0 aliphatic carbocycles. The molecule has 0 heterocycles. The first-order valence-corrected chi connectivity index (χ1v) is 7.10. The lowest BCUT2D eigenvalue weighted by Gasteiger charge is -2.18. The Morgan fingerprint density at radius 1 is 0.905 bits per heavy atom. The van der Waals surface area contributed by atoms with Gasteiger partial charge in [0, 0.05) is 5.69 Å². The standard InChI is InChI=1S/C19H19NO/c1-12-7-10-15(11-17(12)20)19(21)18-13(2)8-9-14-5-3-4-6-16(14)18/h3-11,19,21H,20H2,1-2H3/t19-/m1/s1. The summed E-state index contributed by atoms with van der Waals surface area (Å²) in [6, 6.07) is 18.0. The maximum Gasteiger partial charge on any atom is 0.105 e. The summed E-state index contributed by atoms with van der Waals surface area (Å²) in [5, 5.41) is 13.1. The van der Waals surface area contributed by atoms with Crippen molar-refractivity contribution in [1.82, 2.24) is 0 Å². The average molecular weight is 277 g/mol. The summed E-state index contributed by atoms with van der Waals surface area (Å²) >= 11 is 0. The number of aliphatic hydroxyl groups excluding tert-OH is 1. The van der Waals surface area contributed by atoms with Crippen LogP contribution in [0.1, 0.15) is 28.4 Å². The first-order chi connectivity index (χ1) is 10.1. The predicted molar refractivity (Wildman–Crippen MR) is 88.3 cm³/mol. The highest BCUT2D eigenvalue weighted by molar-refractivity contribution is 5.87. The van der Waals surface area contributed by atoms with E-state index in [0.29, 0.717) is 5.69 Å². The lowest BCUT2D eigenvalue weighted by Crippen LogP contribution is -2.04. The fourth-order valence-corrected chi connectivity index (χ4v) is 2.76. The van der Waals surface area contributed by atoms with Crippen LogP contribution in [0.5, 0.6) is 0 Å². The van der Waals surface area contributed by atoms with Gasteiger partial charge in [0.15, 0.2) is 0 Å². The van der Waals surface area contributed by atoms with Gasteiger partial charge in [-0.25, -0.2) is 0 Å². The maximum atomic E-state index is 10.8. The fourth-order valence-electron chi connectivity index (χ4n) is 2.76. The zero-order valence-corrected chi connectivity index (χ0v) is 12.3. The Kier molecular flexibility index (Phi) is 3.40. The average Bonchev–Trinajstić information content (AvgIpc) is 2.49. The van der Waals surface area contributed by atoms with Crippen LogP contribution in [-0.2, 0) is 0 Å². The highest BCUT2D eigenvalue weighted by atomic mass is 16.3. The van der Waals surface area contributed by atoms with Crippen molar-refractivity contribution in [2.75, 3.05) is 5.73 Å². The zero-order chi connectivity index (χ0) is 15.0. The number of anilines is 1. The van der Waals surface area contributed by atoms with Crippen molar-refractivity contribution in [2.24, 2.45) is 0 Å². The van der Waals surface area contributed by atoms with Gasteiger partial charge in [-0.05, 0) is 52.9 Å². The quantitative estimate of drug-likeness (QED) is 0.692. The summed E-state index contributed by atoms with van der Waals surface area (Å²) in [4.78, 5) is 0. The minimum Gasteiger partial charge on any atom is -0.399 e. The van der Waals surface area contributed by atoms with Gasteiger partial charge in [0.1, 0.15) is 6.10 Å². The van der Waals surface area contributed by atoms with Gasteiger partial charge in [-0.15, -0.1) is 0 Å². The van der Waals surface area contributed by atoms with E-state index in [1.54, 1.807) is 0 Å². The number of fused-ring (bicyclic) bond motifs is 1. The molecule has 106 valence electrons. The van der Waals surface area contributed by atoms with Crippen molar-refractivity contribution in [3.8, 4) is 0 Å². The lowest BCUT2D eigenvalue weighted by molar-refractivity contribution is 0.221. The molecule has 1 atom stereocenters. The van der Waals surface area contributed by atoms with E-state index in [1.165, 1.54) is 0 Å². The zero-order valence-electron chi connectivity index (χ0n) is 12.3. The van der Waals surface area contributed by atoms with E-state index in [-0.39, 0.29) is 0 Å². The Hall–Kier alpha value is -2.32. The van der Waals surface area contributed by atoms with E-state index in [9.17, 15) is 5.11 Å². The Morgan fingerprint density at radius 2 is 1.62 bits per heavy atom.